The van der Waals surface area contributed by atoms with Crippen molar-refractivity contribution in [2.24, 2.45) is 0 Å². The van der Waals surface area contributed by atoms with Crippen molar-refractivity contribution in [2.75, 3.05) is 20.2 Å². The van der Waals surface area contributed by atoms with Crippen LogP contribution >= 0.6 is 0 Å². The van der Waals surface area contributed by atoms with E-state index < -0.39 is 0 Å². The zero-order valence-corrected chi connectivity index (χ0v) is 6.98. The molecule has 1 heterocycles. The molecule has 0 bridgehead atoms. The highest BCUT2D eigenvalue weighted by atomic mass is 16.5. The summed E-state index contributed by atoms with van der Waals surface area (Å²) in [7, 11) is 2.05. The lowest BCUT2D eigenvalue weighted by Crippen LogP contribution is -2.43. The predicted molar refractivity (Wildman–Crippen MR) is 41.8 cm³/mol. The highest BCUT2D eigenvalue weighted by molar-refractivity contribution is 5.09. The van der Waals surface area contributed by atoms with E-state index in [2.05, 4.69) is 11.5 Å². The Balaban J connectivity index is 2.70. The van der Waals surface area contributed by atoms with E-state index in [1.54, 1.807) is 0 Å². The molecule has 1 aliphatic rings. The van der Waals surface area contributed by atoms with Crippen molar-refractivity contribution in [2.45, 2.75) is 19.4 Å². The van der Waals surface area contributed by atoms with E-state index >= 15 is 0 Å². The number of nitrogens with zero attached hydrogens (tertiary/aromatic N) is 1. The van der Waals surface area contributed by atoms with Crippen LogP contribution in [0.1, 0.15) is 13.8 Å². The summed E-state index contributed by atoms with van der Waals surface area (Å²) in [6.07, 6.45) is 0. The number of morpholine rings is 1. The Morgan fingerprint density at radius 3 is 2.60 bits per heavy atom. The number of likely N-dealkylation sites (N-methyl/N-ethyl adjacent to an activating group) is 1. The van der Waals surface area contributed by atoms with Gasteiger partial charge in [-0.2, -0.15) is 0 Å². The number of rotatable bonds is 0. The zero-order chi connectivity index (χ0) is 7.78. The van der Waals surface area contributed by atoms with Gasteiger partial charge in [0.05, 0.1) is 6.61 Å². The molecule has 10 heavy (non-hydrogen) atoms. The van der Waals surface area contributed by atoms with Crippen LogP contribution in [0.3, 0.4) is 0 Å². The van der Waals surface area contributed by atoms with Gasteiger partial charge in [-0.1, -0.05) is 6.58 Å². The van der Waals surface area contributed by atoms with Crippen LogP contribution in [0.2, 0.25) is 0 Å². The minimum atomic E-state index is -0.160. The summed E-state index contributed by atoms with van der Waals surface area (Å²) >= 11 is 0. The van der Waals surface area contributed by atoms with E-state index in [0.717, 1.165) is 18.8 Å². The first-order valence-corrected chi connectivity index (χ1v) is 3.58. The summed E-state index contributed by atoms with van der Waals surface area (Å²) in [5.74, 6) is 0. The highest BCUT2D eigenvalue weighted by Crippen LogP contribution is 2.24. The lowest BCUT2D eigenvalue weighted by Gasteiger charge is -2.39. The van der Waals surface area contributed by atoms with Gasteiger partial charge >= 0.3 is 0 Å². The number of hydrogen-bond acceptors (Lipinski definition) is 2. The predicted octanol–water partition coefficient (Wildman–Crippen LogP) is 1.24. The molecule has 0 amide bonds. The van der Waals surface area contributed by atoms with Crippen LogP contribution in [-0.2, 0) is 4.74 Å². The minimum Gasteiger partial charge on any atom is -0.374 e. The average molecular weight is 141 g/mol. The van der Waals surface area contributed by atoms with Gasteiger partial charge in [-0.05, 0) is 13.8 Å². The lowest BCUT2D eigenvalue weighted by atomic mass is 10.0. The Morgan fingerprint density at radius 1 is 1.60 bits per heavy atom. The largest absolute Gasteiger partial charge is 0.374 e. The van der Waals surface area contributed by atoms with Gasteiger partial charge in [0.25, 0.3) is 0 Å². The Kier molecular flexibility index (Phi) is 1.73. The van der Waals surface area contributed by atoms with Crippen molar-refractivity contribution in [3.8, 4) is 0 Å². The van der Waals surface area contributed by atoms with Gasteiger partial charge in [0, 0.05) is 19.3 Å². The summed E-state index contributed by atoms with van der Waals surface area (Å²) in [6.45, 7) is 9.81. The molecule has 0 spiro atoms. The van der Waals surface area contributed by atoms with Gasteiger partial charge in [0.2, 0.25) is 0 Å². The second kappa shape index (κ2) is 2.27. The van der Waals surface area contributed by atoms with Crippen molar-refractivity contribution in [1.29, 1.82) is 0 Å². The molecule has 0 aromatic rings. The fraction of sp³-hybridized carbons (Fsp3) is 0.750. The Labute approximate surface area is 62.5 Å². The smallest absolute Gasteiger partial charge is 0.102 e. The SMILES string of the molecule is C=C1N(C)CCOC1(C)C. The summed E-state index contributed by atoms with van der Waals surface area (Å²) in [5.41, 5.74) is 0.909. The normalized spacial score (nSPS) is 25.1. The van der Waals surface area contributed by atoms with Crippen LogP contribution in [0.15, 0.2) is 12.3 Å². The Bertz CT molecular complexity index is 151. The van der Waals surface area contributed by atoms with E-state index in [0.29, 0.717) is 0 Å². The van der Waals surface area contributed by atoms with Gasteiger partial charge < -0.3 is 9.64 Å². The maximum absolute atomic E-state index is 5.51. The van der Waals surface area contributed by atoms with E-state index in [1.165, 1.54) is 0 Å². The van der Waals surface area contributed by atoms with Crippen LogP contribution in [0.5, 0.6) is 0 Å². The van der Waals surface area contributed by atoms with E-state index in [1.807, 2.05) is 20.9 Å². The average Bonchev–Trinajstić information content (AvgIpc) is 1.83. The van der Waals surface area contributed by atoms with Crippen LogP contribution in [0.4, 0.5) is 0 Å². The molecule has 1 fully saturated rings. The highest BCUT2D eigenvalue weighted by Gasteiger charge is 2.28. The summed E-state index contributed by atoms with van der Waals surface area (Å²) < 4.78 is 5.51. The van der Waals surface area contributed by atoms with Crippen LogP contribution in [-0.4, -0.2) is 30.7 Å². The molecule has 2 nitrogen and oxygen atoms in total. The van der Waals surface area contributed by atoms with Gasteiger partial charge in [0.15, 0.2) is 0 Å². The summed E-state index contributed by atoms with van der Waals surface area (Å²) in [4.78, 5) is 2.14. The van der Waals surface area contributed by atoms with E-state index in [4.69, 9.17) is 4.74 Å². The van der Waals surface area contributed by atoms with Crippen molar-refractivity contribution in [3.63, 3.8) is 0 Å². The van der Waals surface area contributed by atoms with Gasteiger partial charge in [-0.15, -0.1) is 0 Å². The summed E-state index contributed by atoms with van der Waals surface area (Å²) in [6, 6.07) is 0. The standard InChI is InChI=1S/C8H15NO/c1-7-8(2,3)10-6-5-9(7)4/h1,5-6H2,2-4H3. The molecule has 58 valence electrons. The maximum atomic E-state index is 5.51. The number of hydrogen-bond donors (Lipinski definition) is 0. The Morgan fingerprint density at radius 2 is 2.20 bits per heavy atom. The molecule has 1 saturated heterocycles. The summed E-state index contributed by atoms with van der Waals surface area (Å²) in [5, 5.41) is 0. The molecule has 0 saturated carbocycles. The van der Waals surface area contributed by atoms with Gasteiger partial charge in [-0.25, -0.2) is 0 Å². The maximum Gasteiger partial charge on any atom is 0.102 e. The first kappa shape index (κ1) is 7.61. The number of ether oxygens (including phenoxy) is 1. The molecule has 0 atom stereocenters. The van der Waals surface area contributed by atoms with E-state index in [9.17, 15) is 0 Å². The van der Waals surface area contributed by atoms with Crippen molar-refractivity contribution in [3.05, 3.63) is 12.3 Å². The quantitative estimate of drug-likeness (QED) is 0.503. The third kappa shape index (κ3) is 1.16. The van der Waals surface area contributed by atoms with Crippen LogP contribution in [0, 0.1) is 0 Å². The molecule has 1 rings (SSSR count). The van der Waals surface area contributed by atoms with Crippen molar-refractivity contribution in [1.82, 2.24) is 4.90 Å². The molecule has 0 aromatic heterocycles. The molecule has 0 N–H and O–H groups in total. The third-order valence-corrected chi connectivity index (χ3v) is 2.05. The third-order valence-electron chi connectivity index (χ3n) is 2.05. The lowest BCUT2D eigenvalue weighted by molar-refractivity contribution is -0.0437. The topological polar surface area (TPSA) is 12.5 Å². The Hall–Kier alpha value is -0.500. The second-order valence-electron chi connectivity index (χ2n) is 3.23. The second-order valence-corrected chi connectivity index (χ2v) is 3.23. The fourth-order valence-electron chi connectivity index (χ4n) is 1.12. The molecule has 2 heteroatoms. The molecule has 1 aliphatic heterocycles. The monoisotopic (exact) mass is 141 g/mol. The van der Waals surface area contributed by atoms with Crippen LogP contribution in [0.25, 0.3) is 0 Å². The molecule has 0 aromatic carbocycles. The fourth-order valence-corrected chi connectivity index (χ4v) is 1.12. The molecular formula is C8H15NO. The molecular weight excluding hydrogens is 126 g/mol. The van der Waals surface area contributed by atoms with Crippen LogP contribution < -0.4 is 0 Å². The van der Waals surface area contributed by atoms with Gasteiger partial charge in [-0.3, -0.25) is 0 Å². The molecule has 0 unspecified atom stereocenters. The molecule has 0 aliphatic carbocycles. The first-order chi connectivity index (χ1) is 4.54. The van der Waals surface area contributed by atoms with Crippen molar-refractivity contribution < 1.29 is 4.74 Å². The zero-order valence-electron chi connectivity index (χ0n) is 6.98. The van der Waals surface area contributed by atoms with Gasteiger partial charge in [0.1, 0.15) is 5.60 Å². The molecule has 0 radical (unpaired) electrons. The van der Waals surface area contributed by atoms with Crippen molar-refractivity contribution >= 4 is 0 Å². The minimum absolute atomic E-state index is 0.160. The first-order valence-electron chi connectivity index (χ1n) is 3.58. The van der Waals surface area contributed by atoms with E-state index in [-0.39, 0.29) is 5.60 Å².